The predicted octanol–water partition coefficient (Wildman–Crippen LogP) is 6.58. The molecular formula is C32H38N4S+2. The number of hydrogen-bond acceptors (Lipinski definition) is 3. The van der Waals surface area contributed by atoms with Crippen LogP contribution in [0.15, 0.2) is 94.9 Å². The number of anilines is 2. The van der Waals surface area contributed by atoms with Crippen molar-refractivity contribution in [2.75, 3.05) is 57.6 Å². The Morgan fingerprint density at radius 2 is 1.65 bits per heavy atom. The van der Waals surface area contributed by atoms with Crippen LogP contribution in [-0.2, 0) is 0 Å². The summed E-state index contributed by atoms with van der Waals surface area (Å²) in [6.45, 7) is 5.58. The van der Waals surface area contributed by atoms with Crippen LogP contribution in [0, 0.1) is 0 Å². The van der Waals surface area contributed by atoms with Crippen molar-refractivity contribution in [3.8, 4) is 5.69 Å². The summed E-state index contributed by atoms with van der Waals surface area (Å²) in [6.07, 6.45) is 3.50. The third-order valence-electron chi connectivity index (χ3n) is 7.54. The highest BCUT2D eigenvalue weighted by molar-refractivity contribution is 8.03. The number of benzene rings is 3. The first-order valence-corrected chi connectivity index (χ1v) is 14.0. The zero-order chi connectivity index (χ0) is 26.0. The van der Waals surface area contributed by atoms with Gasteiger partial charge in [0.05, 0.1) is 51.5 Å². The van der Waals surface area contributed by atoms with Crippen molar-refractivity contribution in [1.29, 1.82) is 0 Å². The predicted molar refractivity (Wildman–Crippen MR) is 160 cm³/mol. The summed E-state index contributed by atoms with van der Waals surface area (Å²) in [4.78, 5) is 6.04. The highest BCUT2D eigenvalue weighted by Gasteiger charge is 2.25. The molecule has 3 aromatic carbocycles. The minimum atomic E-state index is 1.00. The molecule has 0 spiro atoms. The highest BCUT2D eigenvalue weighted by atomic mass is 32.2. The summed E-state index contributed by atoms with van der Waals surface area (Å²) in [6, 6.07) is 30.6. The Labute approximate surface area is 226 Å². The SMILES string of the molecule is CC[N+](C)(C)CCCN(C)c1cc(C=C2Sc3ccccc3N2C)c2ccccc2[n+]1-c1ccccc1. The van der Waals surface area contributed by atoms with E-state index in [2.05, 4.69) is 140 Å². The third-order valence-corrected chi connectivity index (χ3v) is 8.70. The molecule has 4 nitrogen and oxygen atoms in total. The number of hydrogen-bond donors (Lipinski definition) is 0. The summed E-state index contributed by atoms with van der Waals surface area (Å²) in [5.41, 5.74) is 4.92. The topological polar surface area (TPSA) is 10.4 Å². The minimum Gasteiger partial charge on any atom is -0.338 e. The van der Waals surface area contributed by atoms with Crippen LogP contribution in [0.2, 0.25) is 0 Å². The van der Waals surface area contributed by atoms with Crippen LogP contribution in [0.3, 0.4) is 0 Å². The van der Waals surface area contributed by atoms with Crippen LogP contribution in [0.4, 0.5) is 11.5 Å². The first kappa shape index (κ1) is 25.4. The molecule has 0 fully saturated rings. The van der Waals surface area contributed by atoms with E-state index in [1.165, 1.54) is 43.6 Å². The molecule has 0 unspecified atom stereocenters. The van der Waals surface area contributed by atoms with Crippen molar-refractivity contribution in [3.05, 3.63) is 95.5 Å². The van der Waals surface area contributed by atoms with E-state index >= 15 is 0 Å². The van der Waals surface area contributed by atoms with Crippen molar-refractivity contribution < 1.29 is 9.05 Å². The lowest BCUT2D eigenvalue weighted by Gasteiger charge is -2.28. The molecule has 1 aliphatic heterocycles. The largest absolute Gasteiger partial charge is 0.338 e. The normalized spacial score (nSPS) is 14.4. The number of nitrogens with zero attached hydrogens (tertiary/aromatic N) is 4. The van der Waals surface area contributed by atoms with Crippen molar-refractivity contribution in [2.24, 2.45) is 0 Å². The van der Waals surface area contributed by atoms with E-state index in [1.54, 1.807) is 0 Å². The summed E-state index contributed by atoms with van der Waals surface area (Å²) in [5, 5.41) is 2.50. The molecule has 37 heavy (non-hydrogen) atoms. The van der Waals surface area contributed by atoms with E-state index < -0.39 is 0 Å². The lowest BCUT2D eigenvalue weighted by Crippen LogP contribution is -2.43. The van der Waals surface area contributed by atoms with Gasteiger partial charge in [-0.05, 0) is 48.9 Å². The first-order valence-electron chi connectivity index (χ1n) is 13.2. The first-order chi connectivity index (χ1) is 17.9. The Bertz CT molecular complexity index is 1430. The van der Waals surface area contributed by atoms with Gasteiger partial charge in [0.25, 0.3) is 5.82 Å². The average molecular weight is 511 g/mol. The number of aromatic nitrogens is 1. The van der Waals surface area contributed by atoms with Crippen LogP contribution in [0.1, 0.15) is 18.9 Å². The fourth-order valence-electron chi connectivity index (χ4n) is 4.95. The van der Waals surface area contributed by atoms with E-state index in [4.69, 9.17) is 0 Å². The maximum atomic E-state index is 2.43. The van der Waals surface area contributed by atoms with Gasteiger partial charge in [0.1, 0.15) is 11.2 Å². The van der Waals surface area contributed by atoms with Crippen molar-refractivity contribution >= 4 is 40.2 Å². The van der Waals surface area contributed by atoms with Gasteiger partial charge in [0, 0.05) is 29.8 Å². The lowest BCUT2D eigenvalue weighted by molar-refractivity contribution is -0.888. The van der Waals surface area contributed by atoms with Crippen molar-refractivity contribution in [3.63, 3.8) is 0 Å². The second-order valence-corrected chi connectivity index (χ2v) is 11.6. The minimum absolute atomic E-state index is 1.00. The zero-order valence-corrected chi connectivity index (χ0v) is 23.5. The highest BCUT2D eigenvalue weighted by Crippen LogP contribution is 2.45. The number of pyridine rings is 1. The quantitative estimate of drug-likeness (QED) is 0.196. The van der Waals surface area contributed by atoms with E-state index in [9.17, 15) is 0 Å². The molecule has 1 aliphatic rings. The van der Waals surface area contributed by atoms with Gasteiger partial charge in [-0.2, -0.15) is 4.57 Å². The zero-order valence-electron chi connectivity index (χ0n) is 22.7. The number of rotatable bonds is 8. The van der Waals surface area contributed by atoms with Gasteiger partial charge in [0.2, 0.25) is 0 Å². The lowest BCUT2D eigenvalue weighted by atomic mass is 10.1. The molecule has 0 N–H and O–H groups in total. The van der Waals surface area contributed by atoms with E-state index in [1.807, 2.05) is 11.8 Å². The van der Waals surface area contributed by atoms with Crippen LogP contribution in [-0.4, -0.2) is 52.3 Å². The smallest absolute Gasteiger partial charge is 0.282 e. The maximum absolute atomic E-state index is 2.43. The molecule has 2 heterocycles. The van der Waals surface area contributed by atoms with E-state index in [0.717, 1.165) is 30.5 Å². The molecule has 0 amide bonds. The second-order valence-electron chi connectivity index (χ2n) is 10.5. The van der Waals surface area contributed by atoms with Crippen LogP contribution in [0.25, 0.3) is 22.7 Å². The molecule has 0 saturated heterocycles. The van der Waals surface area contributed by atoms with Gasteiger partial charge < -0.3 is 9.38 Å². The fraction of sp³-hybridized carbons (Fsp3) is 0.281. The van der Waals surface area contributed by atoms with Crippen LogP contribution < -0.4 is 14.4 Å². The monoisotopic (exact) mass is 510 g/mol. The summed E-state index contributed by atoms with van der Waals surface area (Å²) < 4.78 is 3.46. The molecule has 0 radical (unpaired) electrons. The average Bonchev–Trinajstić information content (AvgIpc) is 3.23. The number of thioether (sulfide) groups is 1. The molecule has 0 aliphatic carbocycles. The van der Waals surface area contributed by atoms with E-state index in [0.29, 0.717) is 0 Å². The van der Waals surface area contributed by atoms with Crippen LogP contribution >= 0.6 is 11.8 Å². The molecule has 4 aromatic rings. The van der Waals surface area contributed by atoms with Gasteiger partial charge >= 0.3 is 0 Å². The van der Waals surface area contributed by atoms with Gasteiger partial charge in [-0.25, -0.2) is 0 Å². The summed E-state index contributed by atoms with van der Waals surface area (Å²) in [5.74, 6) is 1.21. The maximum Gasteiger partial charge on any atom is 0.282 e. The molecule has 0 atom stereocenters. The molecule has 5 heteroatoms. The van der Waals surface area contributed by atoms with Crippen LogP contribution in [0.5, 0.6) is 0 Å². The van der Waals surface area contributed by atoms with Crippen molar-refractivity contribution in [2.45, 2.75) is 18.2 Å². The molecule has 190 valence electrons. The third kappa shape index (κ3) is 5.25. The Balaban J connectivity index is 1.62. The molecule has 0 bridgehead atoms. The molecular weight excluding hydrogens is 472 g/mol. The number of para-hydroxylation sites is 3. The summed E-state index contributed by atoms with van der Waals surface area (Å²) >= 11 is 1.85. The van der Waals surface area contributed by atoms with Gasteiger partial charge in [-0.15, -0.1) is 0 Å². The Kier molecular flexibility index (Phi) is 7.27. The van der Waals surface area contributed by atoms with Crippen molar-refractivity contribution in [1.82, 2.24) is 0 Å². The van der Waals surface area contributed by atoms with Gasteiger partial charge in [-0.1, -0.05) is 60.3 Å². The number of quaternary nitrogens is 1. The number of fused-ring (bicyclic) bond motifs is 2. The molecule has 5 rings (SSSR count). The molecule has 1 aromatic heterocycles. The Hall–Kier alpha value is -3.28. The Morgan fingerprint density at radius 1 is 0.946 bits per heavy atom. The van der Waals surface area contributed by atoms with Gasteiger partial charge in [-0.3, -0.25) is 4.90 Å². The Morgan fingerprint density at radius 3 is 2.41 bits per heavy atom. The summed E-state index contributed by atoms with van der Waals surface area (Å²) in [7, 11) is 9.04. The second kappa shape index (κ2) is 10.6. The standard InChI is InChI=1S/C32H38N4S/c1-6-36(4,5)22-14-21-33(2)31-23-25(24-32-34(3)29-19-12-13-20-30(29)37-32)27-17-10-11-18-28(27)35(31)26-15-8-7-9-16-26/h7-13,15-20,23-24H,6,14,21-22H2,1-5H3/q+2. The molecule has 0 saturated carbocycles. The van der Waals surface area contributed by atoms with Gasteiger partial charge in [0.15, 0.2) is 0 Å². The van der Waals surface area contributed by atoms with E-state index in [-0.39, 0.29) is 0 Å². The fourth-order valence-corrected chi connectivity index (χ4v) is 6.06.